The Labute approximate surface area is 184 Å². The third kappa shape index (κ3) is 4.79. The summed E-state index contributed by atoms with van der Waals surface area (Å²) in [5, 5.41) is 16.4. The second-order valence-electron chi connectivity index (χ2n) is 7.30. The van der Waals surface area contributed by atoms with Crippen LogP contribution in [0.5, 0.6) is 0 Å². The van der Waals surface area contributed by atoms with E-state index < -0.39 is 9.84 Å². The standard InChI is InChI=1S/C19H23N7O3S2/c1-3-25-18(14-4-7-20-8-5-14)22-23-19(25)30-11-17(27)21-16-10-13(2)24-26(16)15-6-9-31(28,29)12-15/h4-5,7-8,10,15H,3,6,9,11-12H2,1-2H3,(H,21,27). The topological polar surface area (TPSA) is 125 Å². The van der Waals surface area contributed by atoms with Crippen molar-refractivity contribution >= 4 is 33.3 Å². The van der Waals surface area contributed by atoms with Crippen LogP contribution in [0.15, 0.2) is 35.7 Å². The fourth-order valence-electron chi connectivity index (χ4n) is 3.56. The molecule has 4 heterocycles. The van der Waals surface area contributed by atoms with Crippen LogP contribution in [-0.2, 0) is 21.2 Å². The van der Waals surface area contributed by atoms with Gasteiger partial charge in [-0.1, -0.05) is 11.8 Å². The maximum Gasteiger partial charge on any atom is 0.235 e. The van der Waals surface area contributed by atoms with E-state index in [0.29, 0.717) is 23.9 Å². The van der Waals surface area contributed by atoms with Crippen LogP contribution < -0.4 is 5.32 Å². The molecule has 1 N–H and O–H groups in total. The van der Waals surface area contributed by atoms with E-state index in [-0.39, 0.29) is 29.2 Å². The Kier molecular flexibility index (Phi) is 6.10. The van der Waals surface area contributed by atoms with Gasteiger partial charge in [-0.05, 0) is 32.4 Å². The lowest BCUT2D eigenvalue weighted by atomic mass is 10.2. The molecule has 10 nitrogen and oxygen atoms in total. The molecule has 1 fully saturated rings. The maximum atomic E-state index is 12.6. The SMILES string of the molecule is CCn1c(SCC(=O)Nc2cc(C)nn2C2CCS(=O)(=O)C2)nnc1-c1ccncc1. The van der Waals surface area contributed by atoms with Crippen LogP contribution in [0.25, 0.3) is 11.4 Å². The van der Waals surface area contributed by atoms with Crippen LogP contribution in [0.1, 0.15) is 25.1 Å². The molecule has 1 saturated heterocycles. The fraction of sp³-hybridized carbons (Fsp3) is 0.421. The molecule has 0 spiro atoms. The quantitative estimate of drug-likeness (QED) is 0.530. The number of rotatable bonds is 7. The number of thioether (sulfide) groups is 1. The molecule has 0 radical (unpaired) electrons. The van der Waals surface area contributed by atoms with Crippen molar-refractivity contribution in [3.8, 4) is 11.4 Å². The zero-order valence-electron chi connectivity index (χ0n) is 17.2. The lowest BCUT2D eigenvalue weighted by molar-refractivity contribution is -0.113. The lowest BCUT2D eigenvalue weighted by Crippen LogP contribution is -2.20. The van der Waals surface area contributed by atoms with E-state index in [1.54, 1.807) is 23.1 Å². The van der Waals surface area contributed by atoms with Crippen molar-refractivity contribution in [2.75, 3.05) is 22.6 Å². The van der Waals surface area contributed by atoms with Gasteiger partial charge in [0.15, 0.2) is 20.8 Å². The zero-order chi connectivity index (χ0) is 22.0. The summed E-state index contributed by atoms with van der Waals surface area (Å²) in [6.07, 6.45) is 3.90. The van der Waals surface area contributed by atoms with Crippen molar-refractivity contribution in [2.45, 2.75) is 38.0 Å². The Morgan fingerprint density at radius 2 is 2.06 bits per heavy atom. The molecule has 164 valence electrons. The Morgan fingerprint density at radius 1 is 1.29 bits per heavy atom. The largest absolute Gasteiger partial charge is 0.310 e. The Morgan fingerprint density at radius 3 is 2.74 bits per heavy atom. The molecule has 1 atom stereocenters. The predicted octanol–water partition coefficient (Wildman–Crippen LogP) is 1.96. The Hall–Kier alpha value is -2.73. The molecule has 31 heavy (non-hydrogen) atoms. The first-order valence-electron chi connectivity index (χ1n) is 9.89. The molecule has 1 amide bonds. The van der Waals surface area contributed by atoms with E-state index in [1.165, 1.54) is 11.8 Å². The molecular weight excluding hydrogens is 438 g/mol. The number of anilines is 1. The number of nitrogens with zero attached hydrogens (tertiary/aromatic N) is 6. The van der Waals surface area contributed by atoms with Crippen LogP contribution in [0, 0.1) is 6.92 Å². The molecule has 12 heteroatoms. The number of amides is 1. The minimum absolute atomic E-state index is 0.0448. The van der Waals surface area contributed by atoms with Gasteiger partial charge in [-0.2, -0.15) is 5.10 Å². The number of carbonyl (C=O) groups excluding carboxylic acids is 1. The van der Waals surface area contributed by atoms with Gasteiger partial charge in [-0.25, -0.2) is 13.1 Å². The molecule has 4 rings (SSSR count). The number of sulfone groups is 1. The van der Waals surface area contributed by atoms with Crippen molar-refractivity contribution < 1.29 is 13.2 Å². The summed E-state index contributed by atoms with van der Waals surface area (Å²) in [5.41, 5.74) is 1.63. The van der Waals surface area contributed by atoms with E-state index in [4.69, 9.17) is 0 Å². The molecule has 1 aliphatic heterocycles. The van der Waals surface area contributed by atoms with Crippen LogP contribution in [-0.4, -0.2) is 61.1 Å². The molecule has 1 aliphatic rings. The number of aryl methyl sites for hydroxylation is 1. The van der Waals surface area contributed by atoms with Crippen LogP contribution in [0.4, 0.5) is 5.82 Å². The molecule has 0 bridgehead atoms. The highest BCUT2D eigenvalue weighted by atomic mass is 32.2. The van der Waals surface area contributed by atoms with Crippen molar-refractivity contribution in [3.63, 3.8) is 0 Å². The van der Waals surface area contributed by atoms with Gasteiger partial charge in [-0.15, -0.1) is 10.2 Å². The van der Waals surface area contributed by atoms with E-state index in [2.05, 4.69) is 25.6 Å². The molecule has 1 unspecified atom stereocenters. The smallest absolute Gasteiger partial charge is 0.235 e. The number of carbonyl (C=O) groups is 1. The summed E-state index contributed by atoms with van der Waals surface area (Å²) in [6, 6.07) is 5.23. The van der Waals surface area contributed by atoms with Gasteiger partial charge < -0.3 is 9.88 Å². The fourth-order valence-corrected chi connectivity index (χ4v) is 6.06. The normalized spacial score (nSPS) is 17.7. The van der Waals surface area contributed by atoms with Gasteiger partial charge in [0.1, 0.15) is 5.82 Å². The first-order chi connectivity index (χ1) is 14.9. The third-order valence-corrected chi connectivity index (χ3v) is 7.70. The Bertz CT molecular complexity index is 1190. The molecule has 3 aromatic heterocycles. The first kappa shape index (κ1) is 21.5. The highest BCUT2D eigenvalue weighted by Gasteiger charge is 2.31. The first-order valence-corrected chi connectivity index (χ1v) is 12.7. The van der Waals surface area contributed by atoms with E-state index in [9.17, 15) is 13.2 Å². The minimum atomic E-state index is -3.05. The predicted molar refractivity (Wildman–Crippen MR) is 118 cm³/mol. The molecule has 0 saturated carbocycles. The summed E-state index contributed by atoms with van der Waals surface area (Å²) in [7, 11) is -3.05. The summed E-state index contributed by atoms with van der Waals surface area (Å²) >= 11 is 1.30. The van der Waals surface area contributed by atoms with Gasteiger partial charge in [0.2, 0.25) is 5.91 Å². The summed E-state index contributed by atoms with van der Waals surface area (Å²) in [5.74, 6) is 1.35. The van der Waals surface area contributed by atoms with Crippen LogP contribution >= 0.6 is 11.8 Å². The highest BCUT2D eigenvalue weighted by molar-refractivity contribution is 7.99. The van der Waals surface area contributed by atoms with Gasteiger partial charge in [0.25, 0.3) is 0 Å². The number of aromatic nitrogens is 6. The van der Waals surface area contributed by atoms with Gasteiger partial charge >= 0.3 is 0 Å². The second kappa shape index (κ2) is 8.79. The lowest BCUT2D eigenvalue weighted by Gasteiger charge is -2.13. The van der Waals surface area contributed by atoms with Gasteiger partial charge in [0, 0.05) is 30.6 Å². The summed E-state index contributed by atoms with van der Waals surface area (Å²) < 4.78 is 27.2. The number of hydrogen-bond donors (Lipinski definition) is 1. The monoisotopic (exact) mass is 461 g/mol. The average molecular weight is 462 g/mol. The molecule has 3 aromatic rings. The Balaban J connectivity index is 1.44. The summed E-state index contributed by atoms with van der Waals surface area (Å²) in [6.45, 7) is 4.47. The van der Waals surface area contributed by atoms with Crippen molar-refractivity contribution in [1.82, 2.24) is 29.5 Å². The molecular formula is C19H23N7O3S2. The van der Waals surface area contributed by atoms with Gasteiger partial charge in [0.05, 0.1) is 29.0 Å². The van der Waals surface area contributed by atoms with Crippen LogP contribution in [0.2, 0.25) is 0 Å². The van der Waals surface area contributed by atoms with E-state index in [1.807, 2.05) is 30.5 Å². The number of hydrogen-bond acceptors (Lipinski definition) is 8. The van der Waals surface area contributed by atoms with E-state index in [0.717, 1.165) is 17.1 Å². The summed E-state index contributed by atoms with van der Waals surface area (Å²) in [4.78, 5) is 16.6. The van der Waals surface area contributed by atoms with E-state index >= 15 is 0 Å². The zero-order valence-corrected chi connectivity index (χ0v) is 18.9. The average Bonchev–Trinajstić information content (AvgIpc) is 3.43. The van der Waals surface area contributed by atoms with Crippen molar-refractivity contribution in [3.05, 3.63) is 36.3 Å². The van der Waals surface area contributed by atoms with Crippen molar-refractivity contribution in [2.24, 2.45) is 0 Å². The molecule has 0 aliphatic carbocycles. The number of nitrogens with one attached hydrogen (secondary N) is 1. The van der Waals surface area contributed by atoms with Crippen molar-refractivity contribution in [1.29, 1.82) is 0 Å². The molecule has 0 aromatic carbocycles. The highest BCUT2D eigenvalue weighted by Crippen LogP contribution is 2.28. The third-order valence-electron chi connectivity index (χ3n) is 4.98. The minimum Gasteiger partial charge on any atom is -0.310 e. The second-order valence-corrected chi connectivity index (χ2v) is 10.5. The maximum absolute atomic E-state index is 12.6. The number of pyridine rings is 1. The van der Waals surface area contributed by atoms with Crippen LogP contribution in [0.3, 0.4) is 0 Å². The van der Waals surface area contributed by atoms with Gasteiger partial charge in [-0.3, -0.25) is 9.78 Å².